The van der Waals surface area contributed by atoms with Gasteiger partial charge in [0.05, 0.1) is 58.3 Å². The Morgan fingerprint density at radius 1 is 0.811 bits per heavy atom. The Balaban J connectivity index is 1.24. The van der Waals surface area contributed by atoms with E-state index in [2.05, 4.69) is 5.32 Å². The molecule has 4 aromatic carbocycles. The Labute approximate surface area is 311 Å². The van der Waals surface area contributed by atoms with Crippen LogP contribution in [0.1, 0.15) is 41.5 Å². The summed E-state index contributed by atoms with van der Waals surface area (Å²) in [4.78, 5) is 25.2. The molecule has 0 bridgehead atoms. The van der Waals surface area contributed by atoms with Gasteiger partial charge in [-0.2, -0.15) is 0 Å². The van der Waals surface area contributed by atoms with Crippen molar-refractivity contribution in [3.05, 3.63) is 125 Å². The number of methoxy groups -OCH3 is 1. The van der Waals surface area contributed by atoms with Crippen molar-refractivity contribution in [2.45, 2.75) is 57.0 Å². The van der Waals surface area contributed by atoms with Crippen molar-refractivity contribution in [3.63, 3.8) is 0 Å². The van der Waals surface area contributed by atoms with E-state index < -0.39 is 30.3 Å². The van der Waals surface area contributed by atoms with Gasteiger partial charge in [-0.3, -0.25) is 9.69 Å². The average molecular weight is 727 g/mol. The molecule has 1 saturated heterocycles. The fraction of sp³-hybridized carbons (Fsp3) is 0.381. The van der Waals surface area contributed by atoms with Gasteiger partial charge in [0.15, 0.2) is 0 Å². The summed E-state index contributed by atoms with van der Waals surface area (Å²) in [6, 6.07) is 32.1. The number of amides is 2. The number of aliphatic hydroxyl groups excluding tert-OH is 1. The summed E-state index contributed by atoms with van der Waals surface area (Å²) in [6.45, 7) is 3.73. The molecule has 4 atom stereocenters. The van der Waals surface area contributed by atoms with Crippen LogP contribution in [-0.4, -0.2) is 92.0 Å². The number of nitrogens with zero attached hydrogens (tertiary/aromatic N) is 1. The quantitative estimate of drug-likeness (QED) is 0.101. The molecule has 11 nitrogen and oxygen atoms in total. The highest BCUT2D eigenvalue weighted by molar-refractivity contribution is 5.72. The number of carboxylic acid groups (broad SMARTS) is 1. The number of likely N-dealkylation sites (tertiary alicyclic amines) is 1. The molecule has 4 aromatic rings. The molecule has 1 fully saturated rings. The number of para-hydroxylation sites is 2. The second-order valence-corrected chi connectivity index (χ2v) is 12.9. The van der Waals surface area contributed by atoms with Crippen LogP contribution in [-0.2, 0) is 33.7 Å². The molecule has 1 aliphatic heterocycles. The molecular weight excluding hydrogens is 676 g/mol. The summed E-state index contributed by atoms with van der Waals surface area (Å²) in [7, 11) is 1.64. The van der Waals surface area contributed by atoms with Gasteiger partial charge in [-0.15, -0.1) is 0 Å². The molecule has 1 heterocycles. The minimum Gasteiger partial charge on any atom is -0.496 e. The van der Waals surface area contributed by atoms with Gasteiger partial charge in [-0.1, -0.05) is 78.9 Å². The number of carbonyl (C=O) groups is 2. The lowest BCUT2D eigenvalue weighted by Crippen LogP contribution is -2.60. The number of nitrogens with one attached hydrogen (secondary N) is 1. The first-order chi connectivity index (χ1) is 25.8. The second kappa shape index (κ2) is 20.2. The third-order valence-corrected chi connectivity index (χ3v) is 9.27. The molecule has 1 unspecified atom stereocenters. The summed E-state index contributed by atoms with van der Waals surface area (Å²) in [5, 5.41) is 24.6. The van der Waals surface area contributed by atoms with E-state index >= 15 is 0 Å². The summed E-state index contributed by atoms with van der Waals surface area (Å²) in [6.07, 6.45) is -1.09. The molecule has 0 aromatic heterocycles. The topological polar surface area (TPSA) is 136 Å². The van der Waals surface area contributed by atoms with E-state index in [1.54, 1.807) is 7.11 Å². The number of aliphatic hydroxyl groups is 1. The fourth-order valence-corrected chi connectivity index (χ4v) is 6.72. The number of β-amino-alcohol motifs (C(OH)–C–C–N with tert-alkyl or cyclic N) is 1. The molecule has 5 rings (SSSR count). The highest BCUT2D eigenvalue weighted by atomic mass is 16.5. The largest absolute Gasteiger partial charge is 0.496 e. The molecule has 1 aliphatic rings. The first-order valence-corrected chi connectivity index (χ1v) is 18.0. The van der Waals surface area contributed by atoms with Crippen LogP contribution in [0.3, 0.4) is 0 Å². The summed E-state index contributed by atoms with van der Waals surface area (Å²) in [5.74, 6) is 1.56. The van der Waals surface area contributed by atoms with Gasteiger partial charge < -0.3 is 39.2 Å². The lowest BCUT2D eigenvalue weighted by atomic mass is 9.78. The van der Waals surface area contributed by atoms with Gasteiger partial charge in [-0.05, 0) is 53.8 Å². The van der Waals surface area contributed by atoms with Crippen molar-refractivity contribution in [2.75, 3.05) is 46.6 Å². The first kappa shape index (κ1) is 39.1. The third-order valence-electron chi connectivity index (χ3n) is 9.27. The standard InChI is InChI=1S/C42H50N2O9/c1-30(45)43-22-21-32-13-6-9-16-39(32)52-25-26-53-41-36(27-31-11-4-3-5-12-31)44(42(47)48)28-37(46)40(41)33-17-19-35(20-18-33)51-24-10-23-50-29-34-14-7-8-15-38(34)49-2/h3-9,11-20,36-37,40-41,46H,10,21-29H2,1-2H3,(H,43,45)(H,47,48)/t36?,37-,40+,41+/m1/s1. The number of piperidine rings is 1. The fourth-order valence-electron chi connectivity index (χ4n) is 6.72. The van der Waals surface area contributed by atoms with Crippen LogP contribution in [0.15, 0.2) is 103 Å². The van der Waals surface area contributed by atoms with Crippen LogP contribution in [0, 0.1) is 0 Å². The van der Waals surface area contributed by atoms with Gasteiger partial charge in [0, 0.05) is 31.4 Å². The van der Waals surface area contributed by atoms with E-state index in [0.29, 0.717) is 57.1 Å². The lowest BCUT2D eigenvalue weighted by Gasteiger charge is -2.46. The van der Waals surface area contributed by atoms with E-state index in [4.69, 9.17) is 23.7 Å². The predicted octanol–water partition coefficient (Wildman–Crippen LogP) is 5.87. The van der Waals surface area contributed by atoms with E-state index in [9.17, 15) is 19.8 Å². The number of hydrogen-bond acceptors (Lipinski definition) is 8. The summed E-state index contributed by atoms with van der Waals surface area (Å²) in [5.41, 5.74) is 3.73. The molecule has 2 amide bonds. The third kappa shape index (κ3) is 11.4. The molecule has 3 N–H and O–H groups in total. The Bertz CT molecular complexity index is 1720. The van der Waals surface area contributed by atoms with Crippen molar-refractivity contribution < 1.29 is 43.5 Å². The van der Waals surface area contributed by atoms with Crippen LogP contribution in [0.5, 0.6) is 17.2 Å². The SMILES string of the molecule is COc1ccccc1COCCCOc1ccc([C@H]2[C@H](O)CN(C(=O)O)C(Cc3ccccc3)[C@@H]2OCCOc2ccccc2CCNC(C)=O)cc1. The summed E-state index contributed by atoms with van der Waals surface area (Å²) >= 11 is 0. The van der Waals surface area contributed by atoms with Crippen LogP contribution in [0.25, 0.3) is 0 Å². The van der Waals surface area contributed by atoms with Gasteiger partial charge in [0.1, 0.15) is 23.9 Å². The van der Waals surface area contributed by atoms with Crippen molar-refractivity contribution in [1.82, 2.24) is 10.2 Å². The molecule has 0 spiro atoms. The normalized spacial score (nSPS) is 18.3. The zero-order valence-electron chi connectivity index (χ0n) is 30.4. The van der Waals surface area contributed by atoms with Gasteiger partial charge in [0.2, 0.25) is 5.91 Å². The predicted molar refractivity (Wildman–Crippen MR) is 201 cm³/mol. The number of carbonyl (C=O) groups excluding carboxylic acids is 1. The highest BCUT2D eigenvalue weighted by Gasteiger charge is 2.46. The van der Waals surface area contributed by atoms with Crippen LogP contribution < -0.4 is 19.5 Å². The smallest absolute Gasteiger partial charge is 0.407 e. The van der Waals surface area contributed by atoms with Crippen LogP contribution >= 0.6 is 0 Å². The minimum atomic E-state index is -1.11. The minimum absolute atomic E-state index is 0.0529. The zero-order valence-corrected chi connectivity index (χ0v) is 30.4. The van der Waals surface area contributed by atoms with Gasteiger partial charge in [0.25, 0.3) is 0 Å². The van der Waals surface area contributed by atoms with Crippen molar-refractivity contribution in [3.8, 4) is 17.2 Å². The second-order valence-electron chi connectivity index (χ2n) is 12.9. The first-order valence-electron chi connectivity index (χ1n) is 18.0. The molecule has 0 radical (unpaired) electrons. The molecule has 282 valence electrons. The van der Waals surface area contributed by atoms with Crippen molar-refractivity contribution in [2.24, 2.45) is 0 Å². The molecule has 11 heteroatoms. The molecule has 0 saturated carbocycles. The Morgan fingerprint density at radius 3 is 2.23 bits per heavy atom. The Kier molecular flexibility index (Phi) is 14.9. The lowest BCUT2D eigenvalue weighted by molar-refractivity contribution is -0.118. The Hall–Kier alpha value is -5.10. The van der Waals surface area contributed by atoms with Gasteiger partial charge >= 0.3 is 6.09 Å². The zero-order chi connectivity index (χ0) is 37.4. The Morgan fingerprint density at radius 2 is 1.51 bits per heavy atom. The summed E-state index contributed by atoms with van der Waals surface area (Å²) < 4.78 is 29.9. The van der Waals surface area contributed by atoms with E-state index in [1.165, 1.54) is 11.8 Å². The van der Waals surface area contributed by atoms with Crippen LogP contribution in [0.4, 0.5) is 4.79 Å². The molecule has 53 heavy (non-hydrogen) atoms. The molecule has 0 aliphatic carbocycles. The number of rotatable bonds is 19. The van der Waals surface area contributed by atoms with E-state index in [1.807, 2.05) is 103 Å². The van der Waals surface area contributed by atoms with Crippen molar-refractivity contribution in [1.29, 1.82) is 0 Å². The monoisotopic (exact) mass is 726 g/mol. The number of ether oxygens (including phenoxy) is 5. The van der Waals surface area contributed by atoms with Crippen LogP contribution in [0.2, 0.25) is 0 Å². The molecular formula is C42H50N2O9. The number of hydrogen-bond donors (Lipinski definition) is 3. The van der Waals surface area contributed by atoms with E-state index in [0.717, 1.165) is 28.0 Å². The van der Waals surface area contributed by atoms with Crippen molar-refractivity contribution >= 4 is 12.0 Å². The average Bonchev–Trinajstić information content (AvgIpc) is 3.16. The highest BCUT2D eigenvalue weighted by Crippen LogP contribution is 2.37. The number of benzene rings is 4. The van der Waals surface area contributed by atoms with E-state index in [-0.39, 0.29) is 25.7 Å². The maximum atomic E-state index is 12.6. The van der Waals surface area contributed by atoms with Gasteiger partial charge in [-0.25, -0.2) is 4.79 Å². The maximum Gasteiger partial charge on any atom is 0.407 e. The maximum absolute atomic E-state index is 12.6.